The van der Waals surface area contributed by atoms with E-state index in [1.807, 2.05) is 6.92 Å². The summed E-state index contributed by atoms with van der Waals surface area (Å²) < 4.78 is 0. The van der Waals surface area contributed by atoms with Crippen LogP contribution in [-0.4, -0.2) is 27.6 Å². The number of aryl methyl sites for hydroxylation is 1. The largest absolute Gasteiger partial charge is 0.481 e. The molecular weight excluding hydrogens is 294 g/mol. The Bertz CT molecular complexity index is 604. The lowest BCUT2D eigenvalue weighted by atomic mass is 9.90. The number of hydrogen-bond acceptors (Lipinski definition) is 6. The Balaban J connectivity index is 1.92. The molecule has 0 fully saturated rings. The Morgan fingerprint density at radius 1 is 1.35 bits per heavy atom. The fourth-order valence-electron chi connectivity index (χ4n) is 1.57. The van der Waals surface area contributed by atoms with E-state index in [1.165, 1.54) is 11.3 Å². The van der Waals surface area contributed by atoms with Crippen molar-refractivity contribution in [2.24, 2.45) is 0 Å². The van der Waals surface area contributed by atoms with Crippen LogP contribution in [0.4, 0.5) is 5.13 Å². The topological polar surface area (TPSA) is 75.1 Å². The number of anilines is 1. The van der Waals surface area contributed by atoms with Gasteiger partial charge < -0.3 is 10.4 Å². The summed E-state index contributed by atoms with van der Waals surface area (Å²) in [6.45, 7) is 6.05. The van der Waals surface area contributed by atoms with E-state index in [0.717, 1.165) is 28.8 Å². The predicted molar refractivity (Wildman–Crippen MR) is 81.8 cm³/mol. The van der Waals surface area contributed by atoms with Gasteiger partial charge in [-0.05, 0) is 20.8 Å². The highest BCUT2D eigenvalue weighted by Gasteiger charge is 2.32. The summed E-state index contributed by atoms with van der Waals surface area (Å²) in [6, 6.07) is 0. The van der Waals surface area contributed by atoms with E-state index in [1.54, 1.807) is 30.6 Å². The van der Waals surface area contributed by atoms with Crippen LogP contribution in [0.3, 0.4) is 0 Å². The molecule has 0 aliphatic carbocycles. The zero-order chi connectivity index (χ0) is 14.8. The molecule has 2 heterocycles. The molecule has 0 spiro atoms. The lowest BCUT2D eigenvalue weighted by Crippen LogP contribution is -2.28. The number of rotatable bonds is 6. The minimum absolute atomic E-state index is 0.585. The molecule has 0 aliphatic heterocycles. The second-order valence-electron chi connectivity index (χ2n) is 5.00. The van der Waals surface area contributed by atoms with Gasteiger partial charge in [-0.15, -0.1) is 22.7 Å². The van der Waals surface area contributed by atoms with Crippen molar-refractivity contribution in [3.63, 3.8) is 0 Å². The van der Waals surface area contributed by atoms with E-state index in [0.29, 0.717) is 5.69 Å². The molecule has 7 heteroatoms. The summed E-state index contributed by atoms with van der Waals surface area (Å²) in [5.74, 6) is -0.868. The van der Waals surface area contributed by atoms with Gasteiger partial charge in [-0.1, -0.05) is 0 Å². The Hall–Kier alpha value is -1.47. The first-order valence-electron chi connectivity index (χ1n) is 6.24. The number of hydrogen-bond donors (Lipinski definition) is 2. The first-order chi connectivity index (χ1) is 9.39. The highest BCUT2D eigenvalue weighted by atomic mass is 32.1. The summed E-state index contributed by atoms with van der Waals surface area (Å²) in [7, 11) is 0. The minimum Gasteiger partial charge on any atom is -0.481 e. The van der Waals surface area contributed by atoms with Crippen molar-refractivity contribution in [1.29, 1.82) is 0 Å². The summed E-state index contributed by atoms with van der Waals surface area (Å²) in [6.07, 6.45) is 0.835. The zero-order valence-electron chi connectivity index (χ0n) is 11.6. The number of aromatic nitrogens is 2. The zero-order valence-corrected chi connectivity index (χ0v) is 13.3. The van der Waals surface area contributed by atoms with Crippen LogP contribution in [0.2, 0.25) is 0 Å². The molecule has 2 N–H and O–H groups in total. The fraction of sp³-hybridized carbons (Fsp3) is 0.462. The normalized spacial score (nSPS) is 11.6. The maximum atomic E-state index is 11.2. The molecule has 0 bridgehead atoms. The van der Waals surface area contributed by atoms with E-state index in [-0.39, 0.29) is 0 Å². The molecule has 2 rings (SSSR count). The number of nitrogens with one attached hydrogen (secondary N) is 1. The second-order valence-corrected chi connectivity index (χ2v) is 6.92. The third-order valence-corrected chi connectivity index (χ3v) is 4.63. The van der Waals surface area contributed by atoms with Crippen LogP contribution < -0.4 is 5.32 Å². The molecule has 0 atom stereocenters. The average Bonchev–Trinajstić information content (AvgIpc) is 2.99. The monoisotopic (exact) mass is 311 g/mol. The quantitative estimate of drug-likeness (QED) is 0.858. The van der Waals surface area contributed by atoms with Gasteiger partial charge in [0.15, 0.2) is 5.13 Å². The van der Waals surface area contributed by atoms with Crippen molar-refractivity contribution < 1.29 is 9.90 Å². The van der Waals surface area contributed by atoms with E-state index < -0.39 is 11.4 Å². The maximum absolute atomic E-state index is 11.2. The van der Waals surface area contributed by atoms with Crippen LogP contribution in [0.15, 0.2) is 10.8 Å². The van der Waals surface area contributed by atoms with Crippen molar-refractivity contribution in [2.75, 3.05) is 11.9 Å². The molecule has 0 saturated heterocycles. The van der Waals surface area contributed by atoms with Gasteiger partial charge in [-0.3, -0.25) is 4.79 Å². The van der Waals surface area contributed by atoms with E-state index in [2.05, 4.69) is 20.7 Å². The molecule has 0 aromatic carbocycles. The van der Waals surface area contributed by atoms with Gasteiger partial charge >= 0.3 is 5.97 Å². The summed E-state index contributed by atoms with van der Waals surface area (Å²) in [4.78, 5) is 19.9. The number of carbonyl (C=O) groups is 1. The third-order valence-electron chi connectivity index (χ3n) is 3.00. The molecule has 108 valence electrons. The van der Waals surface area contributed by atoms with Gasteiger partial charge in [0.2, 0.25) is 0 Å². The van der Waals surface area contributed by atoms with E-state index in [4.69, 9.17) is 5.11 Å². The smallest absolute Gasteiger partial charge is 0.315 e. The van der Waals surface area contributed by atoms with Gasteiger partial charge in [-0.2, -0.15) is 0 Å². The minimum atomic E-state index is -0.956. The van der Waals surface area contributed by atoms with E-state index in [9.17, 15) is 4.79 Å². The Kier molecular flexibility index (Phi) is 4.39. The first kappa shape index (κ1) is 14.9. The second kappa shape index (κ2) is 5.88. The van der Waals surface area contributed by atoms with Crippen LogP contribution in [0, 0.1) is 6.92 Å². The molecule has 0 aliphatic rings. The molecule has 0 radical (unpaired) electrons. The Morgan fingerprint density at radius 3 is 2.70 bits per heavy atom. The van der Waals surface area contributed by atoms with Crippen LogP contribution in [0.25, 0.3) is 0 Å². The Labute approximate surface area is 125 Å². The number of nitrogens with zero attached hydrogens (tertiary/aromatic N) is 2. The van der Waals surface area contributed by atoms with Crippen LogP contribution in [-0.2, 0) is 16.6 Å². The highest BCUT2D eigenvalue weighted by Crippen LogP contribution is 2.27. The summed E-state index contributed by atoms with van der Waals surface area (Å²) in [5.41, 5.74) is 0.701. The number of thiazole rings is 2. The number of carboxylic acid groups (broad SMARTS) is 1. The molecule has 0 amide bonds. The molecule has 2 aromatic rings. The van der Waals surface area contributed by atoms with Gasteiger partial charge in [0.05, 0.1) is 16.4 Å². The van der Waals surface area contributed by atoms with Gasteiger partial charge in [0.25, 0.3) is 0 Å². The van der Waals surface area contributed by atoms with Crippen molar-refractivity contribution in [3.8, 4) is 0 Å². The van der Waals surface area contributed by atoms with Crippen molar-refractivity contribution in [2.45, 2.75) is 32.6 Å². The van der Waals surface area contributed by atoms with E-state index >= 15 is 0 Å². The van der Waals surface area contributed by atoms with Crippen molar-refractivity contribution >= 4 is 33.8 Å². The summed E-state index contributed by atoms with van der Waals surface area (Å²) >= 11 is 3.07. The Morgan fingerprint density at radius 2 is 2.10 bits per heavy atom. The molecule has 2 aromatic heterocycles. The van der Waals surface area contributed by atoms with Crippen LogP contribution in [0.1, 0.15) is 30.2 Å². The van der Waals surface area contributed by atoms with Gasteiger partial charge in [0.1, 0.15) is 5.41 Å². The van der Waals surface area contributed by atoms with Crippen LogP contribution in [0.5, 0.6) is 0 Å². The SMILES string of the molecule is Cc1nc(CCNc2nc(C(C)(C)C(=O)O)cs2)cs1. The van der Waals surface area contributed by atoms with Crippen molar-refractivity contribution in [3.05, 3.63) is 27.2 Å². The molecule has 5 nitrogen and oxygen atoms in total. The van der Waals surface area contributed by atoms with Crippen LogP contribution >= 0.6 is 22.7 Å². The average molecular weight is 311 g/mol. The molecule has 20 heavy (non-hydrogen) atoms. The van der Waals surface area contributed by atoms with Crippen molar-refractivity contribution in [1.82, 2.24) is 9.97 Å². The fourth-order valence-corrected chi connectivity index (χ4v) is 3.13. The molecule has 0 saturated carbocycles. The third kappa shape index (κ3) is 3.34. The maximum Gasteiger partial charge on any atom is 0.315 e. The van der Waals surface area contributed by atoms with Gasteiger partial charge in [-0.25, -0.2) is 9.97 Å². The lowest BCUT2D eigenvalue weighted by Gasteiger charge is -2.15. The lowest BCUT2D eigenvalue weighted by molar-refractivity contribution is -0.142. The highest BCUT2D eigenvalue weighted by molar-refractivity contribution is 7.13. The first-order valence-corrected chi connectivity index (χ1v) is 8.00. The number of aliphatic carboxylic acids is 1. The standard InChI is InChI=1S/C13H17N3O2S2/c1-8-15-9(6-19-8)4-5-14-12-16-10(7-20-12)13(2,3)11(17)18/h6-7H,4-5H2,1-3H3,(H,14,16)(H,17,18). The predicted octanol–water partition coefficient (Wildman–Crippen LogP) is 2.92. The molecular formula is C13H17N3O2S2. The number of carboxylic acids is 1. The molecule has 0 unspecified atom stereocenters. The van der Waals surface area contributed by atoms with Gasteiger partial charge in [0, 0.05) is 23.7 Å². The summed E-state index contributed by atoms with van der Waals surface area (Å²) in [5, 5.41) is 18.0.